The average molecular weight is 296 g/mol. The number of amides is 2. The van der Waals surface area contributed by atoms with Gasteiger partial charge in [-0.2, -0.15) is 0 Å². The van der Waals surface area contributed by atoms with Crippen molar-refractivity contribution in [3.05, 3.63) is 65.7 Å². The number of hydrogen-bond acceptors (Lipinski definition) is 2. The quantitative estimate of drug-likeness (QED) is 0.861. The molecular weight excluding hydrogens is 276 g/mol. The fraction of sp³-hybridized carbons (Fsp3) is 0.222. The van der Waals surface area contributed by atoms with Gasteiger partial charge in [0.15, 0.2) is 0 Å². The Morgan fingerprint density at radius 1 is 0.955 bits per heavy atom. The summed E-state index contributed by atoms with van der Waals surface area (Å²) in [4.78, 5) is 23.6. The highest BCUT2D eigenvalue weighted by molar-refractivity contribution is 5.91. The van der Waals surface area contributed by atoms with Crippen LogP contribution >= 0.6 is 0 Å². The third-order valence-corrected chi connectivity index (χ3v) is 3.18. The third kappa shape index (κ3) is 5.40. The van der Waals surface area contributed by atoms with E-state index in [9.17, 15) is 9.59 Å². The van der Waals surface area contributed by atoms with Crippen molar-refractivity contribution in [2.75, 3.05) is 11.9 Å². The van der Waals surface area contributed by atoms with Crippen molar-refractivity contribution in [2.45, 2.75) is 19.8 Å². The van der Waals surface area contributed by atoms with E-state index < -0.39 is 0 Å². The van der Waals surface area contributed by atoms with E-state index in [-0.39, 0.29) is 18.2 Å². The van der Waals surface area contributed by atoms with Crippen LogP contribution in [0.25, 0.3) is 0 Å². The first-order valence-electron chi connectivity index (χ1n) is 7.30. The van der Waals surface area contributed by atoms with Crippen LogP contribution in [0, 0.1) is 6.92 Å². The molecule has 0 radical (unpaired) electrons. The van der Waals surface area contributed by atoms with Gasteiger partial charge in [-0.25, -0.2) is 0 Å². The van der Waals surface area contributed by atoms with Crippen molar-refractivity contribution < 1.29 is 9.59 Å². The van der Waals surface area contributed by atoms with Crippen LogP contribution in [-0.4, -0.2) is 18.4 Å². The standard InChI is InChI=1S/C18H20N2O2/c1-14-6-5-9-16(12-14)20-17(21)10-11-19-18(22)13-15-7-3-2-4-8-15/h2-9,12H,10-11,13H2,1H3,(H,19,22)(H,20,21). The van der Waals surface area contributed by atoms with E-state index in [0.717, 1.165) is 16.8 Å². The molecule has 2 aromatic carbocycles. The Morgan fingerprint density at radius 2 is 1.73 bits per heavy atom. The van der Waals surface area contributed by atoms with Crippen LogP contribution in [0.1, 0.15) is 17.5 Å². The second-order valence-electron chi connectivity index (χ2n) is 5.18. The lowest BCUT2D eigenvalue weighted by atomic mass is 10.1. The summed E-state index contributed by atoms with van der Waals surface area (Å²) in [7, 11) is 0. The SMILES string of the molecule is Cc1cccc(NC(=O)CCNC(=O)Cc2ccccc2)c1. The monoisotopic (exact) mass is 296 g/mol. The molecule has 0 bridgehead atoms. The minimum Gasteiger partial charge on any atom is -0.355 e. The summed E-state index contributed by atoms with van der Waals surface area (Å²) in [5, 5.41) is 5.58. The lowest BCUT2D eigenvalue weighted by Crippen LogP contribution is -2.28. The van der Waals surface area contributed by atoms with E-state index in [1.54, 1.807) is 0 Å². The predicted octanol–water partition coefficient (Wildman–Crippen LogP) is 2.68. The Balaban J connectivity index is 1.69. The minimum absolute atomic E-state index is 0.0745. The van der Waals surface area contributed by atoms with Crippen LogP contribution in [0.15, 0.2) is 54.6 Å². The second-order valence-corrected chi connectivity index (χ2v) is 5.18. The molecule has 4 nitrogen and oxygen atoms in total. The van der Waals surface area contributed by atoms with E-state index in [1.807, 2.05) is 61.5 Å². The fourth-order valence-corrected chi connectivity index (χ4v) is 2.11. The molecule has 0 fully saturated rings. The van der Waals surface area contributed by atoms with Crippen molar-refractivity contribution in [3.63, 3.8) is 0 Å². The topological polar surface area (TPSA) is 58.2 Å². The number of anilines is 1. The summed E-state index contributed by atoms with van der Waals surface area (Å²) >= 11 is 0. The predicted molar refractivity (Wildman–Crippen MR) is 87.6 cm³/mol. The highest BCUT2D eigenvalue weighted by atomic mass is 16.2. The maximum Gasteiger partial charge on any atom is 0.226 e. The summed E-state index contributed by atoms with van der Waals surface area (Å²) < 4.78 is 0. The first-order valence-corrected chi connectivity index (χ1v) is 7.30. The Morgan fingerprint density at radius 3 is 2.45 bits per heavy atom. The number of nitrogens with one attached hydrogen (secondary N) is 2. The largest absolute Gasteiger partial charge is 0.355 e. The molecule has 2 N–H and O–H groups in total. The van der Waals surface area contributed by atoms with Crippen LogP contribution in [0.2, 0.25) is 0 Å². The molecule has 2 rings (SSSR count). The first kappa shape index (κ1) is 15.8. The van der Waals surface area contributed by atoms with Gasteiger partial charge < -0.3 is 10.6 Å². The van der Waals surface area contributed by atoms with Crippen LogP contribution in [0.4, 0.5) is 5.69 Å². The summed E-state index contributed by atoms with van der Waals surface area (Å²) in [6.07, 6.45) is 0.592. The lowest BCUT2D eigenvalue weighted by Gasteiger charge is -2.07. The summed E-state index contributed by atoms with van der Waals surface area (Å²) in [5.41, 5.74) is 2.83. The van der Waals surface area contributed by atoms with Crippen LogP contribution < -0.4 is 10.6 Å². The molecule has 0 aliphatic heterocycles. The molecule has 0 atom stereocenters. The number of hydrogen-bond donors (Lipinski definition) is 2. The summed E-state index contributed by atoms with van der Waals surface area (Å²) in [6.45, 7) is 2.31. The van der Waals surface area contributed by atoms with Gasteiger partial charge in [-0.15, -0.1) is 0 Å². The molecule has 0 aliphatic rings. The number of benzene rings is 2. The van der Waals surface area contributed by atoms with Gasteiger partial charge in [-0.05, 0) is 30.2 Å². The van der Waals surface area contributed by atoms with Crippen LogP contribution in [-0.2, 0) is 16.0 Å². The molecule has 0 aromatic heterocycles. The maximum atomic E-state index is 11.8. The normalized spacial score (nSPS) is 10.0. The Labute approximate surface area is 130 Å². The number of rotatable bonds is 6. The number of aryl methyl sites for hydroxylation is 1. The fourth-order valence-electron chi connectivity index (χ4n) is 2.11. The van der Waals surface area contributed by atoms with Crippen molar-refractivity contribution in [1.82, 2.24) is 5.32 Å². The van der Waals surface area contributed by atoms with Crippen molar-refractivity contribution in [2.24, 2.45) is 0 Å². The zero-order chi connectivity index (χ0) is 15.8. The number of carbonyl (C=O) groups is 2. The molecule has 0 saturated heterocycles. The lowest BCUT2D eigenvalue weighted by molar-refractivity contribution is -0.120. The molecule has 114 valence electrons. The van der Waals surface area contributed by atoms with Gasteiger partial charge in [0.25, 0.3) is 0 Å². The Bertz CT molecular complexity index is 639. The van der Waals surface area contributed by atoms with E-state index >= 15 is 0 Å². The molecule has 0 unspecified atom stereocenters. The zero-order valence-corrected chi connectivity index (χ0v) is 12.6. The molecule has 0 aliphatic carbocycles. The Kier molecular flexibility index (Phi) is 5.72. The van der Waals surface area contributed by atoms with Gasteiger partial charge >= 0.3 is 0 Å². The Hall–Kier alpha value is -2.62. The van der Waals surface area contributed by atoms with Crippen LogP contribution in [0.3, 0.4) is 0 Å². The van der Waals surface area contributed by atoms with E-state index in [2.05, 4.69) is 10.6 Å². The molecule has 0 saturated carbocycles. The number of carbonyl (C=O) groups excluding carboxylic acids is 2. The van der Waals surface area contributed by atoms with Gasteiger partial charge in [0.1, 0.15) is 0 Å². The summed E-state index contributed by atoms with van der Waals surface area (Å²) in [6, 6.07) is 17.2. The highest BCUT2D eigenvalue weighted by Crippen LogP contribution is 2.09. The maximum absolute atomic E-state index is 11.8. The van der Waals surface area contributed by atoms with Gasteiger partial charge in [-0.3, -0.25) is 9.59 Å². The molecule has 4 heteroatoms. The molecule has 2 amide bonds. The smallest absolute Gasteiger partial charge is 0.226 e. The highest BCUT2D eigenvalue weighted by Gasteiger charge is 2.05. The third-order valence-electron chi connectivity index (χ3n) is 3.18. The molecule has 0 heterocycles. The van der Waals surface area contributed by atoms with Gasteiger partial charge in [0, 0.05) is 18.7 Å². The van der Waals surface area contributed by atoms with E-state index in [1.165, 1.54) is 0 Å². The van der Waals surface area contributed by atoms with Crippen molar-refractivity contribution in [1.29, 1.82) is 0 Å². The second kappa shape index (κ2) is 7.98. The first-order chi connectivity index (χ1) is 10.6. The van der Waals surface area contributed by atoms with Crippen molar-refractivity contribution in [3.8, 4) is 0 Å². The minimum atomic E-state index is -0.106. The van der Waals surface area contributed by atoms with Gasteiger partial charge in [0.2, 0.25) is 11.8 Å². The van der Waals surface area contributed by atoms with E-state index in [0.29, 0.717) is 13.0 Å². The molecule has 0 spiro atoms. The molecule has 2 aromatic rings. The zero-order valence-electron chi connectivity index (χ0n) is 12.6. The summed E-state index contributed by atoms with van der Waals surface area (Å²) in [5.74, 6) is -0.180. The van der Waals surface area contributed by atoms with Crippen LogP contribution in [0.5, 0.6) is 0 Å². The van der Waals surface area contributed by atoms with Gasteiger partial charge in [0.05, 0.1) is 6.42 Å². The average Bonchev–Trinajstić information content (AvgIpc) is 2.48. The molecule has 22 heavy (non-hydrogen) atoms. The van der Waals surface area contributed by atoms with Gasteiger partial charge in [-0.1, -0.05) is 42.5 Å². The van der Waals surface area contributed by atoms with E-state index in [4.69, 9.17) is 0 Å². The molecular formula is C18H20N2O2. The van der Waals surface area contributed by atoms with Crippen molar-refractivity contribution >= 4 is 17.5 Å².